The van der Waals surface area contributed by atoms with E-state index in [9.17, 15) is 29.1 Å². The minimum Gasteiger partial charge on any atom is -0.505 e. The molecule has 11 nitrogen and oxygen atoms in total. The number of esters is 2. The lowest BCUT2D eigenvalue weighted by Crippen LogP contribution is -2.50. The van der Waals surface area contributed by atoms with E-state index >= 15 is 0 Å². The fourth-order valence-electron chi connectivity index (χ4n) is 4.73. The summed E-state index contributed by atoms with van der Waals surface area (Å²) in [5, 5.41) is 24.2. The number of para-hydroxylation sites is 1. The number of aliphatic carboxylic acids is 1. The van der Waals surface area contributed by atoms with Crippen molar-refractivity contribution in [1.82, 2.24) is 5.32 Å². The number of carbonyl (C=O) groups is 5. The monoisotopic (exact) mass is 534 g/mol. The van der Waals surface area contributed by atoms with Crippen LogP contribution in [0.25, 0.3) is 0 Å². The van der Waals surface area contributed by atoms with Crippen LogP contribution in [0.1, 0.15) is 82.5 Å². The van der Waals surface area contributed by atoms with Crippen LogP contribution in [0, 0.1) is 11.8 Å². The molecule has 210 valence electrons. The smallest absolute Gasteiger partial charge is 0.332 e. The topological polar surface area (TPSA) is 168 Å². The number of anilines is 1. The molecule has 5 unspecified atom stereocenters. The second-order valence-corrected chi connectivity index (χ2v) is 9.60. The van der Waals surface area contributed by atoms with Crippen molar-refractivity contribution in [2.45, 2.75) is 90.4 Å². The number of phenols is 1. The number of hydrogen-bond acceptors (Lipinski definition) is 8. The normalized spacial score (nSPS) is 23.7. The lowest BCUT2D eigenvalue weighted by molar-refractivity contribution is -0.157. The van der Waals surface area contributed by atoms with Crippen molar-refractivity contribution in [3.63, 3.8) is 0 Å². The van der Waals surface area contributed by atoms with Gasteiger partial charge >= 0.3 is 17.9 Å². The molecule has 0 aromatic heterocycles. The fraction of sp³-hybridized carbons (Fsp3) is 0.593. The largest absolute Gasteiger partial charge is 0.505 e. The molecule has 11 heteroatoms. The zero-order valence-electron chi connectivity index (χ0n) is 22.1. The first-order valence-electron chi connectivity index (χ1n) is 13.1. The van der Waals surface area contributed by atoms with Crippen molar-refractivity contribution in [3.05, 3.63) is 23.8 Å². The minimum absolute atomic E-state index is 0.00732. The summed E-state index contributed by atoms with van der Waals surface area (Å²) in [6, 6.07) is 2.78. The average molecular weight is 535 g/mol. The molecule has 0 aliphatic carbocycles. The second-order valence-electron chi connectivity index (χ2n) is 9.60. The van der Waals surface area contributed by atoms with Crippen LogP contribution in [0.5, 0.6) is 5.75 Å². The Morgan fingerprint density at radius 1 is 1.00 bits per heavy atom. The third kappa shape index (κ3) is 8.46. The van der Waals surface area contributed by atoms with Crippen LogP contribution < -0.4 is 10.6 Å². The van der Waals surface area contributed by atoms with Gasteiger partial charge in [-0.05, 0) is 45.2 Å². The number of carboxylic acids is 1. The van der Waals surface area contributed by atoms with Crippen LogP contribution in [0.15, 0.2) is 18.2 Å². The number of benzene rings is 1. The Balaban J connectivity index is 2.29. The Hall–Kier alpha value is -3.63. The predicted molar refractivity (Wildman–Crippen MR) is 137 cm³/mol. The molecule has 4 N–H and O–H groups in total. The molecule has 0 saturated carbocycles. The van der Waals surface area contributed by atoms with Crippen molar-refractivity contribution in [2.24, 2.45) is 11.8 Å². The first-order valence-corrected chi connectivity index (χ1v) is 13.1. The fourth-order valence-corrected chi connectivity index (χ4v) is 4.73. The highest BCUT2D eigenvalue weighted by Gasteiger charge is 2.41. The molecule has 5 atom stereocenters. The quantitative estimate of drug-likeness (QED) is 0.128. The number of cyclic esters (lactones) is 2. The van der Waals surface area contributed by atoms with Crippen molar-refractivity contribution >= 4 is 35.9 Å². The van der Waals surface area contributed by atoms with Crippen LogP contribution >= 0.6 is 0 Å². The second kappa shape index (κ2) is 14.9. The van der Waals surface area contributed by atoms with E-state index < -0.39 is 59.7 Å². The SMILES string of the molecule is CCCCCCC1C(=O)OC(C)C(NC(=O)c2cccc(NC=O)c2O)C(=O)OC(C)C1CCCC(=O)O. The molecule has 1 aromatic rings. The molecular weight excluding hydrogens is 496 g/mol. The first-order chi connectivity index (χ1) is 18.1. The van der Waals surface area contributed by atoms with Gasteiger partial charge in [-0.2, -0.15) is 0 Å². The number of rotatable bonds is 13. The first kappa shape index (κ1) is 30.6. The Kier molecular flexibility index (Phi) is 12.0. The summed E-state index contributed by atoms with van der Waals surface area (Å²) < 4.78 is 11.4. The molecule has 1 aromatic carbocycles. The van der Waals surface area contributed by atoms with E-state index in [1.54, 1.807) is 6.92 Å². The molecule has 1 fully saturated rings. The number of phenolic OH excluding ortho intramolecular Hbond substituents is 1. The van der Waals surface area contributed by atoms with Crippen LogP contribution in [0.4, 0.5) is 5.69 Å². The van der Waals surface area contributed by atoms with Gasteiger partial charge in [0, 0.05) is 12.3 Å². The van der Waals surface area contributed by atoms with E-state index in [0.29, 0.717) is 25.7 Å². The van der Waals surface area contributed by atoms with E-state index in [4.69, 9.17) is 14.6 Å². The lowest BCUT2D eigenvalue weighted by atomic mass is 9.81. The van der Waals surface area contributed by atoms with Crippen LogP contribution in [-0.4, -0.2) is 58.7 Å². The molecule has 0 spiro atoms. The summed E-state index contributed by atoms with van der Waals surface area (Å²) in [5.74, 6) is -4.67. The number of carboxylic acid groups (broad SMARTS) is 1. The summed E-state index contributed by atoms with van der Waals surface area (Å²) in [6.45, 7) is 5.21. The zero-order valence-corrected chi connectivity index (χ0v) is 22.1. The summed E-state index contributed by atoms with van der Waals surface area (Å²) in [4.78, 5) is 61.3. The molecule has 1 aliphatic rings. The van der Waals surface area contributed by atoms with Crippen LogP contribution in [0.2, 0.25) is 0 Å². The van der Waals surface area contributed by atoms with Gasteiger partial charge in [0.1, 0.15) is 12.2 Å². The number of unbranched alkanes of at least 4 members (excludes halogenated alkanes) is 3. The molecule has 0 bridgehead atoms. The molecule has 1 saturated heterocycles. The van der Waals surface area contributed by atoms with Crippen molar-refractivity contribution in [2.75, 3.05) is 5.32 Å². The number of amides is 2. The van der Waals surface area contributed by atoms with E-state index in [1.165, 1.54) is 25.1 Å². The van der Waals surface area contributed by atoms with E-state index in [0.717, 1.165) is 25.7 Å². The standard InChI is InChI=1S/C27H38N2O9/c1-4-5-6-7-10-19-18(11-9-14-22(31)32)16(2)37-27(36)23(17(3)38-26(19)35)29-25(34)20-12-8-13-21(24(20)33)28-15-30/h8,12-13,15-19,23,33H,4-7,9-11,14H2,1-3H3,(H,28,30)(H,29,34)(H,31,32). The molecule has 0 radical (unpaired) electrons. The summed E-state index contributed by atoms with van der Waals surface area (Å²) in [5.41, 5.74) is -0.190. The van der Waals surface area contributed by atoms with E-state index in [1.807, 2.05) is 0 Å². The van der Waals surface area contributed by atoms with E-state index in [2.05, 4.69) is 17.6 Å². The van der Waals surface area contributed by atoms with Gasteiger partial charge in [0.05, 0.1) is 17.2 Å². The average Bonchev–Trinajstić information content (AvgIpc) is 2.88. The molecule has 38 heavy (non-hydrogen) atoms. The Morgan fingerprint density at radius 3 is 2.37 bits per heavy atom. The predicted octanol–water partition coefficient (Wildman–Crippen LogP) is 3.39. The van der Waals surface area contributed by atoms with Gasteiger partial charge < -0.3 is 30.3 Å². The van der Waals surface area contributed by atoms with Gasteiger partial charge in [0.25, 0.3) is 5.91 Å². The van der Waals surface area contributed by atoms with Crippen molar-refractivity contribution in [3.8, 4) is 5.75 Å². The van der Waals surface area contributed by atoms with Crippen LogP contribution in [-0.2, 0) is 28.7 Å². The van der Waals surface area contributed by atoms with Gasteiger partial charge in [-0.15, -0.1) is 0 Å². The number of carbonyl (C=O) groups excluding carboxylic acids is 4. The van der Waals surface area contributed by atoms with Gasteiger partial charge in [-0.1, -0.05) is 38.7 Å². The van der Waals surface area contributed by atoms with Gasteiger partial charge in [0.15, 0.2) is 11.8 Å². The van der Waals surface area contributed by atoms with Crippen molar-refractivity contribution < 1.29 is 43.7 Å². The molecule has 2 amide bonds. The maximum atomic E-state index is 13.3. The zero-order chi connectivity index (χ0) is 28.2. The van der Waals surface area contributed by atoms with Gasteiger partial charge in [-0.3, -0.25) is 19.2 Å². The number of hydrogen-bond donors (Lipinski definition) is 4. The van der Waals surface area contributed by atoms with E-state index in [-0.39, 0.29) is 17.7 Å². The Bertz CT molecular complexity index is 997. The highest BCUT2D eigenvalue weighted by molar-refractivity contribution is 6.01. The Morgan fingerprint density at radius 2 is 1.71 bits per heavy atom. The summed E-state index contributed by atoms with van der Waals surface area (Å²) in [7, 11) is 0. The number of ether oxygens (including phenoxy) is 2. The minimum atomic E-state index is -1.37. The molecule has 2 rings (SSSR count). The Labute approximate surface area is 222 Å². The summed E-state index contributed by atoms with van der Waals surface area (Å²) >= 11 is 0. The van der Waals surface area contributed by atoms with Crippen molar-refractivity contribution in [1.29, 1.82) is 0 Å². The summed E-state index contributed by atoms with van der Waals surface area (Å²) in [6.07, 6.45) is 3.33. The third-order valence-electron chi connectivity index (χ3n) is 6.83. The maximum absolute atomic E-state index is 13.3. The molecule has 1 heterocycles. The van der Waals surface area contributed by atoms with Gasteiger partial charge in [-0.25, -0.2) is 4.79 Å². The highest BCUT2D eigenvalue weighted by atomic mass is 16.6. The lowest BCUT2D eigenvalue weighted by Gasteiger charge is -2.29. The molecular formula is C27H38N2O9. The van der Waals surface area contributed by atoms with Crippen LogP contribution in [0.3, 0.4) is 0 Å². The van der Waals surface area contributed by atoms with Gasteiger partial charge in [0.2, 0.25) is 6.41 Å². The maximum Gasteiger partial charge on any atom is 0.332 e. The highest BCUT2D eigenvalue weighted by Crippen LogP contribution is 2.33. The number of nitrogens with one attached hydrogen (secondary N) is 2. The number of aromatic hydroxyl groups is 1. The molecule has 1 aliphatic heterocycles. The third-order valence-corrected chi connectivity index (χ3v) is 6.83.